The molecule has 0 N–H and O–H groups in total. The molecule has 1 aliphatic rings. The van der Waals surface area contributed by atoms with E-state index in [9.17, 15) is 10.1 Å². The Labute approximate surface area is 115 Å². The van der Waals surface area contributed by atoms with Gasteiger partial charge < -0.3 is 4.90 Å². The summed E-state index contributed by atoms with van der Waals surface area (Å²) in [6, 6.07) is 1.84. The van der Waals surface area contributed by atoms with E-state index < -0.39 is 0 Å². The molecule has 2 aromatic rings. The minimum absolute atomic E-state index is 0.0896. The Balaban J connectivity index is 1.88. The summed E-state index contributed by atoms with van der Waals surface area (Å²) in [5.74, 6) is 0.442. The lowest BCUT2D eigenvalue weighted by Crippen LogP contribution is -2.23. The summed E-state index contributed by atoms with van der Waals surface area (Å²) >= 11 is 0. The molecule has 3 rings (SSSR count). The summed E-state index contributed by atoms with van der Waals surface area (Å²) in [4.78, 5) is 17.0. The van der Waals surface area contributed by atoms with E-state index in [0.29, 0.717) is 17.9 Å². The molecule has 1 saturated heterocycles. The van der Waals surface area contributed by atoms with Gasteiger partial charge in [-0.1, -0.05) is 5.21 Å². The van der Waals surface area contributed by atoms with Gasteiger partial charge >= 0.3 is 5.69 Å². The zero-order valence-electron chi connectivity index (χ0n) is 11.0. The van der Waals surface area contributed by atoms with Crippen LogP contribution in [-0.4, -0.2) is 38.0 Å². The molecule has 20 heavy (non-hydrogen) atoms. The van der Waals surface area contributed by atoms with Gasteiger partial charge in [0, 0.05) is 31.0 Å². The smallest absolute Gasteiger partial charge is 0.314 e. The first kappa shape index (κ1) is 12.5. The fraction of sp³-hybridized carbons (Fsp3) is 0.417. The first-order chi connectivity index (χ1) is 9.66. The van der Waals surface area contributed by atoms with E-state index in [4.69, 9.17) is 0 Å². The second kappa shape index (κ2) is 4.87. The average Bonchev–Trinajstić information content (AvgIpc) is 3.09. The fourth-order valence-corrected chi connectivity index (χ4v) is 2.56. The van der Waals surface area contributed by atoms with Crippen LogP contribution >= 0.6 is 0 Å². The van der Waals surface area contributed by atoms with Gasteiger partial charge in [-0.25, -0.2) is 9.67 Å². The highest BCUT2D eigenvalue weighted by molar-refractivity contribution is 5.62. The fourth-order valence-electron chi connectivity index (χ4n) is 2.56. The van der Waals surface area contributed by atoms with E-state index >= 15 is 0 Å². The first-order valence-electron chi connectivity index (χ1n) is 6.37. The lowest BCUT2D eigenvalue weighted by Gasteiger charge is -2.17. The van der Waals surface area contributed by atoms with Gasteiger partial charge in [0.25, 0.3) is 0 Å². The van der Waals surface area contributed by atoms with Crippen LogP contribution in [0, 0.1) is 17.0 Å². The standard InChI is InChI=1S/C12H14N6O2/c1-9-2-4-13-12(11(9)18(19)20)16-6-3-10(8-16)17-7-5-14-15-17/h2,4-5,7,10H,3,6,8H2,1H3. The number of nitro groups is 1. The van der Waals surface area contributed by atoms with E-state index in [2.05, 4.69) is 15.3 Å². The number of anilines is 1. The summed E-state index contributed by atoms with van der Waals surface area (Å²) in [5, 5.41) is 19.0. The molecule has 0 aromatic carbocycles. The molecular formula is C12H14N6O2. The summed E-state index contributed by atoms with van der Waals surface area (Å²) in [7, 11) is 0. The van der Waals surface area contributed by atoms with Gasteiger partial charge in [0.15, 0.2) is 0 Å². The SMILES string of the molecule is Cc1ccnc(N2CCC(n3ccnn3)C2)c1[N+](=O)[O-]. The molecule has 0 bridgehead atoms. The molecule has 1 aliphatic heterocycles. The van der Waals surface area contributed by atoms with Crippen molar-refractivity contribution in [3.8, 4) is 0 Å². The van der Waals surface area contributed by atoms with Crippen molar-refractivity contribution in [1.29, 1.82) is 0 Å². The minimum Gasteiger partial charge on any atom is -0.349 e. The molecule has 0 radical (unpaired) electrons. The lowest BCUT2D eigenvalue weighted by molar-refractivity contribution is -0.384. The zero-order valence-corrected chi connectivity index (χ0v) is 11.0. The van der Waals surface area contributed by atoms with E-state index in [0.717, 1.165) is 13.0 Å². The molecule has 104 valence electrons. The van der Waals surface area contributed by atoms with E-state index in [1.54, 1.807) is 30.1 Å². The van der Waals surface area contributed by atoms with Crippen molar-refractivity contribution in [2.75, 3.05) is 18.0 Å². The Morgan fingerprint density at radius 2 is 2.30 bits per heavy atom. The van der Waals surface area contributed by atoms with Crippen LogP contribution in [0.1, 0.15) is 18.0 Å². The maximum absolute atomic E-state index is 11.2. The largest absolute Gasteiger partial charge is 0.349 e. The highest BCUT2D eigenvalue weighted by Crippen LogP contribution is 2.33. The number of hydrogen-bond acceptors (Lipinski definition) is 6. The molecular weight excluding hydrogens is 260 g/mol. The molecule has 0 aliphatic carbocycles. The summed E-state index contributed by atoms with van der Waals surface area (Å²) in [5.41, 5.74) is 0.718. The van der Waals surface area contributed by atoms with Crippen LogP contribution in [0.25, 0.3) is 0 Å². The molecule has 0 spiro atoms. The molecule has 1 atom stereocenters. The monoisotopic (exact) mass is 274 g/mol. The molecule has 8 nitrogen and oxygen atoms in total. The Hall–Kier alpha value is -2.51. The number of hydrogen-bond donors (Lipinski definition) is 0. The third kappa shape index (κ3) is 2.09. The molecule has 3 heterocycles. The van der Waals surface area contributed by atoms with Crippen LogP contribution in [0.4, 0.5) is 11.5 Å². The molecule has 8 heteroatoms. The Kier molecular flexibility index (Phi) is 3.05. The van der Waals surface area contributed by atoms with Crippen molar-refractivity contribution in [3.05, 3.63) is 40.3 Å². The van der Waals surface area contributed by atoms with Crippen LogP contribution in [0.2, 0.25) is 0 Å². The quantitative estimate of drug-likeness (QED) is 0.619. The normalized spacial score (nSPS) is 18.4. The van der Waals surface area contributed by atoms with E-state index in [1.165, 1.54) is 0 Å². The average molecular weight is 274 g/mol. The van der Waals surface area contributed by atoms with Crippen LogP contribution in [-0.2, 0) is 0 Å². The van der Waals surface area contributed by atoms with Gasteiger partial charge in [-0.05, 0) is 19.4 Å². The van der Waals surface area contributed by atoms with Gasteiger partial charge in [0.2, 0.25) is 5.82 Å². The predicted molar refractivity (Wildman–Crippen MR) is 71.5 cm³/mol. The lowest BCUT2D eigenvalue weighted by atomic mass is 10.2. The van der Waals surface area contributed by atoms with Crippen molar-refractivity contribution in [2.24, 2.45) is 0 Å². The number of rotatable bonds is 3. The van der Waals surface area contributed by atoms with Gasteiger partial charge in [0.05, 0.1) is 17.2 Å². The van der Waals surface area contributed by atoms with Crippen LogP contribution in [0.15, 0.2) is 24.7 Å². The molecule has 0 saturated carbocycles. The van der Waals surface area contributed by atoms with Gasteiger partial charge in [-0.2, -0.15) is 0 Å². The zero-order chi connectivity index (χ0) is 14.1. The molecule has 2 aromatic heterocycles. The van der Waals surface area contributed by atoms with Crippen molar-refractivity contribution in [2.45, 2.75) is 19.4 Å². The summed E-state index contributed by atoms with van der Waals surface area (Å²) < 4.78 is 1.79. The predicted octanol–water partition coefficient (Wildman–Crippen LogP) is 1.34. The van der Waals surface area contributed by atoms with E-state index in [1.807, 2.05) is 11.1 Å². The number of pyridine rings is 1. The van der Waals surface area contributed by atoms with Crippen LogP contribution in [0.3, 0.4) is 0 Å². The topological polar surface area (TPSA) is 90.0 Å². The van der Waals surface area contributed by atoms with Gasteiger partial charge in [-0.15, -0.1) is 5.10 Å². The van der Waals surface area contributed by atoms with Gasteiger partial charge in [0.1, 0.15) is 0 Å². The Morgan fingerprint density at radius 3 is 3.00 bits per heavy atom. The van der Waals surface area contributed by atoms with Crippen molar-refractivity contribution in [1.82, 2.24) is 20.0 Å². The Bertz CT molecular complexity index is 627. The van der Waals surface area contributed by atoms with Crippen molar-refractivity contribution in [3.63, 3.8) is 0 Å². The van der Waals surface area contributed by atoms with Crippen molar-refractivity contribution < 1.29 is 4.92 Å². The van der Waals surface area contributed by atoms with Crippen LogP contribution < -0.4 is 4.90 Å². The number of nitrogens with zero attached hydrogens (tertiary/aromatic N) is 6. The maximum Gasteiger partial charge on any atom is 0.314 e. The molecule has 0 amide bonds. The molecule has 1 fully saturated rings. The highest BCUT2D eigenvalue weighted by Gasteiger charge is 2.30. The third-order valence-electron chi connectivity index (χ3n) is 3.57. The highest BCUT2D eigenvalue weighted by atomic mass is 16.6. The van der Waals surface area contributed by atoms with Crippen molar-refractivity contribution >= 4 is 11.5 Å². The Morgan fingerprint density at radius 1 is 1.45 bits per heavy atom. The summed E-state index contributed by atoms with van der Waals surface area (Å²) in [6.07, 6.45) is 5.93. The maximum atomic E-state index is 11.2. The second-order valence-corrected chi connectivity index (χ2v) is 4.83. The summed E-state index contributed by atoms with van der Waals surface area (Å²) in [6.45, 7) is 3.11. The molecule has 1 unspecified atom stereocenters. The van der Waals surface area contributed by atoms with Gasteiger partial charge in [-0.3, -0.25) is 10.1 Å². The third-order valence-corrected chi connectivity index (χ3v) is 3.57. The van der Waals surface area contributed by atoms with E-state index in [-0.39, 0.29) is 16.7 Å². The number of aryl methyl sites for hydroxylation is 1. The second-order valence-electron chi connectivity index (χ2n) is 4.83. The first-order valence-corrected chi connectivity index (χ1v) is 6.37. The van der Waals surface area contributed by atoms with Crippen LogP contribution in [0.5, 0.6) is 0 Å². The minimum atomic E-state index is -0.361. The number of aromatic nitrogens is 4.